The molecule has 0 saturated carbocycles. The number of halogens is 1. The summed E-state index contributed by atoms with van der Waals surface area (Å²) in [6, 6.07) is 19.1. The summed E-state index contributed by atoms with van der Waals surface area (Å²) < 4.78 is 6.81. The van der Waals surface area contributed by atoms with E-state index in [2.05, 4.69) is 0 Å². The van der Waals surface area contributed by atoms with Crippen molar-refractivity contribution in [1.29, 1.82) is 0 Å². The number of benzene rings is 3. The molecule has 0 bridgehead atoms. The van der Waals surface area contributed by atoms with Gasteiger partial charge < -0.3 is 9.64 Å². The maximum Gasteiger partial charge on any atom is 0.266 e. The molecule has 6 nitrogen and oxygen atoms in total. The molecule has 3 aromatic carbocycles. The minimum Gasteiger partial charge on any atom is -0.497 e. The lowest BCUT2D eigenvalue weighted by molar-refractivity contribution is 0.0734. The summed E-state index contributed by atoms with van der Waals surface area (Å²) in [5.41, 5.74) is 2.23. The van der Waals surface area contributed by atoms with E-state index < -0.39 is 6.04 Å². The van der Waals surface area contributed by atoms with Gasteiger partial charge in [0.2, 0.25) is 0 Å². The zero-order chi connectivity index (χ0) is 23.7. The minimum atomic E-state index is -0.514. The van der Waals surface area contributed by atoms with E-state index >= 15 is 0 Å². The number of ether oxygens (including phenoxy) is 1. The van der Waals surface area contributed by atoms with Gasteiger partial charge in [0.15, 0.2) is 0 Å². The van der Waals surface area contributed by atoms with E-state index in [1.165, 1.54) is 0 Å². The summed E-state index contributed by atoms with van der Waals surface area (Å²) >= 11 is 6.38. The van der Waals surface area contributed by atoms with Gasteiger partial charge in [0.25, 0.3) is 11.5 Å². The SMILES string of the molecule is COc1cccc(C(=O)N(C)C(C)c2nc3ccccc3c(=O)n2-c2cccc(Cl)c2C)c1. The number of hydrogen-bond acceptors (Lipinski definition) is 4. The number of fused-ring (bicyclic) bond motifs is 1. The number of nitrogens with zero attached hydrogens (tertiary/aromatic N) is 3. The van der Waals surface area contributed by atoms with E-state index in [9.17, 15) is 9.59 Å². The first-order valence-electron chi connectivity index (χ1n) is 10.5. The number of amides is 1. The standard InChI is InChI=1S/C26H24ClN3O3/c1-16-21(27)12-8-14-23(16)30-24(28-22-13-6-5-11-20(22)26(30)32)17(2)29(3)25(31)18-9-7-10-19(15-18)33-4/h5-15,17H,1-4H3. The van der Waals surface area contributed by atoms with Crippen molar-refractivity contribution in [3.8, 4) is 11.4 Å². The Kier molecular flexibility index (Phi) is 6.20. The molecule has 0 N–H and O–H groups in total. The van der Waals surface area contributed by atoms with Crippen LogP contribution in [0.1, 0.15) is 34.7 Å². The van der Waals surface area contributed by atoms with Gasteiger partial charge in [-0.15, -0.1) is 0 Å². The Labute approximate surface area is 197 Å². The average Bonchev–Trinajstić information content (AvgIpc) is 2.84. The molecule has 4 rings (SSSR count). The van der Waals surface area contributed by atoms with E-state index in [-0.39, 0.29) is 11.5 Å². The Balaban J connectivity index is 1.89. The monoisotopic (exact) mass is 461 g/mol. The van der Waals surface area contributed by atoms with Gasteiger partial charge in [-0.1, -0.05) is 35.9 Å². The van der Waals surface area contributed by atoms with Crippen LogP contribution >= 0.6 is 11.6 Å². The smallest absolute Gasteiger partial charge is 0.266 e. The number of rotatable bonds is 5. The molecule has 33 heavy (non-hydrogen) atoms. The highest BCUT2D eigenvalue weighted by Gasteiger charge is 2.26. The van der Waals surface area contributed by atoms with Crippen LogP contribution in [0.4, 0.5) is 0 Å². The number of methoxy groups -OCH3 is 1. The van der Waals surface area contributed by atoms with Crippen LogP contribution in [0.2, 0.25) is 5.02 Å². The first-order chi connectivity index (χ1) is 15.8. The first-order valence-corrected chi connectivity index (χ1v) is 10.9. The van der Waals surface area contributed by atoms with Gasteiger partial charge in [-0.3, -0.25) is 14.2 Å². The summed E-state index contributed by atoms with van der Waals surface area (Å²) in [5.74, 6) is 0.832. The van der Waals surface area contributed by atoms with Crippen molar-refractivity contribution in [3.63, 3.8) is 0 Å². The van der Waals surface area contributed by atoms with Gasteiger partial charge in [-0.05, 0) is 61.9 Å². The molecule has 1 atom stereocenters. The Bertz CT molecular complexity index is 1410. The molecule has 1 unspecified atom stereocenters. The third-order valence-corrected chi connectivity index (χ3v) is 6.28. The van der Waals surface area contributed by atoms with Crippen LogP contribution in [0.25, 0.3) is 16.6 Å². The Hall–Kier alpha value is -3.64. The zero-order valence-corrected chi connectivity index (χ0v) is 19.6. The lowest BCUT2D eigenvalue weighted by atomic mass is 10.1. The number of para-hydroxylation sites is 1. The number of carbonyl (C=O) groups excluding carboxylic acids is 1. The van der Waals surface area contributed by atoms with Crippen molar-refractivity contribution in [2.24, 2.45) is 0 Å². The molecule has 0 radical (unpaired) electrons. The summed E-state index contributed by atoms with van der Waals surface area (Å²) in [6.07, 6.45) is 0. The summed E-state index contributed by atoms with van der Waals surface area (Å²) in [7, 11) is 3.25. The molecule has 0 saturated heterocycles. The maximum atomic E-state index is 13.6. The number of hydrogen-bond donors (Lipinski definition) is 0. The fourth-order valence-corrected chi connectivity index (χ4v) is 3.98. The lowest BCUT2D eigenvalue weighted by Gasteiger charge is -2.27. The maximum absolute atomic E-state index is 13.6. The predicted octanol–water partition coefficient (Wildman–Crippen LogP) is 5.19. The largest absolute Gasteiger partial charge is 0.497 e. The summed E-state index contributed by atoms with van der Waals surface area (Å²) in [5, 5.41) is 1.04. The highest BCUT2D eigenvalue weighted by atomic mass is 35.5. The fourth-order valence-electron chi connectivity index (χ4n) is 3.81. The van der Waals surface area contributed by atoms with Gasteiger partial charge in [0.05, 0.1) is 29.7 Å². The molecule has 0 fully saturated rings. The minimum absolute atomic E-state index is 0.210. The molecule has 4 aromatic rings. The summed E-state index contributed by atoms with van der Waals surface area (Å²) in [4.78, 5) is 33.3. The molecule has 0 aliphatic carbocycles. The average molecular weight is 462 g/mol. The Morgan fingerprint density at radius 2 is 1.82 bits per heavy atom. The highest BCUT2D eigenvalue weighted by molar-refractivity contribution is 6.31. The van der Waals surface area contributed by atoms with Crippen LogP contribution in [0.3, 0.4) is 0 Å². The fraction of sp³-hybridized carbons (Fsp3) is 0.192. The number of carbonyl (C=O) groups is 1. The van der Waals surface area contributed by atoms with Crippen molar-refractivity contribution in [2.45, 2.75) is 19.9 Å². The van der Waals surface area contributed by atoms with E-state index in [0.717, 1.165) is 5.56 Å². The van der Waals surface area contributed by atoms with Crippen molar-refractivity contribution in [3.05, 3.63) is 99.1 Å². The topological polar surface area (TPSA) is 64.4 Å². The van der Waals surface area contributed by atoms with Crippen LogP contribution in [0.5, 0.6) is 5.75 Å². The molecule has 168 valence electrons. The molecule has 0 spiro atoms. The van der Waals surface area contributed by atoms with Crippen molar-refractivity contribution in [1.82, 2.24) is 14.5 Å². The molecule has 0 aliphatic heterocycles. The van der Waals surface area contributed by atoms with Crippen molar-refractivity contribution in [2.75, 3.05) is 14.2 Å². The quantitative estimate of drug-likeness (QED) is 0.410. The zero-order valence-electron chi connectivity index (χ0n) is 18.9. The molecule has 0 aliphatic rings. The van der Waals surface area contributed by atoms with Gasteiger partial charge >= 0.3 is 0 Å². The van der Waals surface area contributed by atoms with Gasteiger partial charge in [0, 0.05) is 17.6 Å². The van der Waals surface area contributed by atoms with Crippen LogP contribution in [-0.2, 0) is 0 Å². The Morgan fingerprint density at radius 3 is 2.58 bits per heavy atom. The van der Waals surface area contributed by atoms with E-state index in [1.54, 1.807) is 72.2 Å². The molecule has 7 heteroatoms. The predicted molar refractivity (Wildman–Crippen MR) is 131 cm³/mol. The molecular formula is C26H24ClN3O3. The number of aromatic nitrogens is 2. The van der Waals surface area contributed by atoms with Gasteiger partial charge in [-0.2, -0.15) is 0 Å². The second-order valence-electron chi connectivity index (χ2n) is 7.84. The van der Waals surface area contributed by atoms with Gasteiger partial charge in [-0.25, -0.2) is 4.98 Å². The lowest BCUT2D eigenvalue weighted by Crippen LogP contribution is -2.35. The molecule has 1 heterocycles. The van der Waals surface area contributed by atoms with Crippen LogP contribution in [0, 0.1) is 6.92 Å². The summed E-state index contributed by atoms with van der Waals surface area (Å²) in [6.45, 7) is 3.71. The highest BCUT2D eigenvalue weighted by Crippen LogP contribution is 2.27. The van der Waals surface area contributed by atoms with E-state index in [4.69, 9.17) is 21.3 Å². The van der Waals surface area contributed by atoms with Crippen LogP contribution in [0.15, 0.2) is 71.5 Å². The Morgan fingerprint density at radius 1 is 1.09 bits per heavy atom. The van der Waals surface area contributed by atoms with Crippen LogP contribution < -0.4 is 10.3 Å². The molecular weight excluding hydrogens is 438 g/mol. The second-order valence-corrected chi connectivity index (χ2v) is 8.24. The van der Waals surface area contributed by atoms with E-state index in [1.807, 2.05) is 32.0 Å². The van der Waals surface area contributed by atoms with Gasteiger partial charge in [0.1, 0.15) is 11.6 Å². The third kappa shape index (κ3) is 4.10. The third-order valence-electron chi connectivity index (χ3n) is 5.87. The van der Waals surface area contributed by atoms with Crippen LogP contribution in [-0.4, -0.2) is 34.5 Å². The normalized spacial score (nSPS) is 11.9. The molecule has 1 amide bonds. The van der Waals surface area contributed by atoms with Crippen molar-refractivity contribution < 1.29 is 9.53 Å². The van der Waals surface area contributed by atoms with Crippen molar-refractivity contribution >= 4 is 28.4 Å². The first kappa shape index (κ1) is 22.6. The molecule has 1 aromatic heterocycles. The van der Waals surface area contributed by atoms with E-state index in [0.29, 0.717) is 38.8 Å². The second kappa shape index (κ2) is 9.08.